The van der Waals surface area contributed by atoms with Gasteiger partial charge >= 0.3 is 5.97 Å². The van der Waals surface area contributed by atoms with Crippen LogP contribution in [0.5, 0.6) is 5.75 Å². The van der Waals surface area contributed by atoms with E-state index in [1.165, 1.54) is 7.11 Å². The minimum absolute atomic E-state index is 0.00549. The van der Waals surface area contributed by atoms with E-state index in [0.717, 1.165) is 28.2 Å². The van der Waals surface area contributed by atoms with Crippen molar-refractivity contribution in [2.45, 2.75) is 40.2 Å². The average molecular weight is 438 g/mol. The van der Waals surface area contributed by atoms with Gasteiger partial charge in [0, 0.05) is 31.6 Å². The normalized spacial score (nSPS) is 10.9. The van der Waals surface area contributed by atoms with Gasteiger partial charge in [-0.1, -0.05) is 12.1 Å². The van der Waals surface area contributed by atoms with Crippen LogP contribution in [0.3, 0.4) is 0 Å². The molecule has 0 aliphatic carbocycles. The molecule has 2 aromatic carbocycles. The predicted octanol–water partition coefficient (Wildman–Crippen LogP) is 4.07. The molecule has 1 aromatic heterocycles. The third kappa shape index (κ3) is 5.28. The van der Waals surface area contributed by atoms with Gasteiger partial charge in [0.15, 0.2) is 0 Å². The van der Waals surface area contributed by atoms with Gasteiger partial charge in [-0.25, -0.2) is 4.98 Å². The molecule has 0 fully saturated rings. The summed E-state index contributed by atoms with van der Waals surface area (Å²) in [7, 11) is 1.39. The number of methoxy groups -OCH3 is 1. The number of carbonyl (C=O) groups excluding carboxylic acids is 2. The molecule has 0 unspecified atom stereocenters. The summed E-state index contributed by atoms with van der Waals surface area (Å²) in [6, 6.07) is 13.5. The lowest BCUT2D eigenvalue weighted by molar-refractivity contribution is -0.140. The molecule has 170 valence electrons. The van der Waals surface area contributed by atoms with Crippen molar-refractivity contribution in [3.63, 3.8) is 0 Å². The summed E-state index contributed by atoms with van der Waals surface area (Å²) in [5, 5.41) is 0. The molecule has 0 radical (unpaired) electrons. The third-order valence-corrected chi connectivity index (χ3v) is 5.49. The Labute approximate surface area is 188 Å². The number of fused-ring (bicyclic) bond motifs is 1. The zero-order chi connectivity index (χ0) is 23.1. The fourth-order valence-corrected chi connectivity index (χ4v) is 3.75. The second-order valence-electron chi connectivity index (χ2n) is 7.44. The lowest BCUT2D eigenvalue weighted by atomic mass is 10.1. The number of benzene rings is 2. The number of imidazole rings is 1. The molecule has 0 aliphatic heterocycles. The van der Waals surface area contributed by atoms with E-state index < -0.39 is 0 Å². The predicted molar refractivity (Wildman–Crippen MR) is 124 cm³/mol. The van der Waals surface area contributed by atoms with Gasteiger partial charge in [-0.05, 0) is 56.7 Å². The molecule has 7 heteroatoms. The van der Waals surface area contributed by atoms with Crippen LogP contribution in [-0.4, -0.2) is 53.1 Å². The molecule has 3 rings (SSSR count). The van der Waals surface area contributed by atoms with Gasteiger partial charge in [-0.15, -0.1) is 0 Å². The smallest absolute Gasteiger partial charge is 0.307 e. The summed E-state index contributed by atoms with van der Waals surface area (Å²) < 4.78 is 12.4. The van der Waals surface area contributed by atoms with Crippen LogP contribution >= 0.6 is 0 Å². The van der Waals surface area contributed by atoms with E-state index in [-0.39, 0.29) is 18.3 Å². The largest absolute Gasteiger partial charge is 0.494 e. The van der Waals surface area contributed by atoms with Crippen LogP contribution in [0.2, 0.25) is 0 Å². The van der Waals surface area contributed by atoms with Gasteiger partial charge in [0.05, 0.1) is 31.2 Å². The lowest BCUT2D eigenvalue weighted by Gasteiger charge is -2.18. The number of hydrogen-bond donors (Lipinski definition) is 0. The molecule has 32 heavy (non-hydrogen) atoms. The molecule has 3 aromatic rings. The molecule has 1 amide bonds. The van der Waals surface area contributed by atoms with Crippen LogP contribution in [0.15, 0.2) is 42.5 Å². The first-order valence-electron chi connectivity index (χ1n) is 11.1. The van der Waals surface area contributed by atoms with E-state index in [0.29, 0.717) is 38.2 Å². The molecular formula is C25H31N3O4. The summed E-state index contributed by atoms with van der Waals surface area (Å²) in [6.07, 6.45) is 0.847. The fourth-order valence-electron chi connectivity index (χ4n) is 3.75. The summed E-state index contributed by atoms with van der Waals surface area (Å²) in [5.74, 6) is 1.39. The number of carbonyl (C=O) groups is 2. The molecule has 7 nitrogen and oxygen atoms in total. The highest BCUT2D eigenvalue weighted by molar-refractivity contribution is 5.97. The third-order valence-electron chi connectivity index (χ3n) is 5.49. The van der Waals surface area contributed by atoms with Crippen molar-refractivity contribution in [1.29, 1.82) is 0 Å². The Hall–Kier alpha value is -3.35. The Bertz CT molecular complexity index is 1070. The van der Waals surface area contributed by atoms with E-state index in [2.05, 4.69) is 0 Å². The van der Waals surface area contributed by atoms with Crippen LogP contribution in [0, 0.1) is 0 Å². The van der Waals surface area contributed by atoms with Gasteiger partial charge in [-0.3, -0.25) is 9.59 Å². The Morgan fingerprint density at radius 1 is 1.03 bits per heavy atom. The van der Waals surface area contributed by atoms with Crippen LogP contribution < -0.4 is 4.74 Å². The van der Waals surface area contributed by atoms with Crippen LogP contribution in [0.1, 0.15) is 48.9 Å². The van der Waals surface area contributed by atoms with Gasteiger partial charge < -0.3 is 18.9 Å². The molecule has 1 heterocycles. The highest BCUT2D eigenvalue weighted by Crippen LogP contribution is 2.22. The van der Waals surface area contributed by atoms with E-state index >= 15 is 0 Å². The van der Waals surface area contributed by atoms with Gasteiger partial charge in [0.1, 0.15) is 11.6 Å². The van der Waals surface area contributed by atoms with Gasteiger partial charge in [-0.2, -0.15) is 0 Å². The highest BCUT2D eigenvalue weighted by Gasteiger charge is 2.17. The first kappa shape index (κ1) is 23.3. The van der Waals surface area contributed by atoms with Crippen LogP contribution in [0.4, 0.5) is 0 Å². The summed E-state index contributed by atoms with van der Waals surface area (Å²) in [4.78, 5) is 31.2. The van der Waals surface area contributed by atoms with Crippen molar-refractivity contribution in [2.75, 3.05) is 26.8 Å². The van der Waals surface area contributed by atoms with Crippen molar-refractivity contribution in [1.82, 2.24) is 14.5 Å². The SMILES string of the molecule is CCOc1ccc(Cc2nc3cc(C(=O)N(CC)CC)ccc3n2CCC(=O)OC)cc1. The monoisotopic (exact) mass is 437 g/mol. The number of esters is 1. The molecule has 0 saturated heterocycles. The number of ether oxygens (including phenoxy) is 2. The number of amides is 1. The molecule has 0 bridgehead atoms. The van der Waals surface area contributed by atoms with E-state index in [1.807, 2.05) is 67.8 Å². The number of hydrogen-bond acceptors (Lipinski definition) is 5. The molecular weight excluding hydrogens is 406 g/mol. The number of nitrogens with zero attached hydrogens (tertiary/aromatic N) is 3. The van der Waals surface area contributed by atoms with Crippen molar-refractivity contribution in [3.05, 3.63) is 59.4 Å². The Balaban J connectivity index is 1.96. The molecule has 0 N–H and O–H groups in total. The number of rotatable bonds is 10. The maximum absolute atomic E-state index is 12.8. The second kappa shape index (κ2) is 10.8. The van der Waals surface area contributed by atoms with Gasteiger partial charge in [0.25, 0.3) is 5.91 Å². The molecule has 0 saturated carbocycles. The van der Waals surface area contributed by atoms with Crippen molar-refractivity contribution in [2.24, 2.45) is 0 Å². The zero-order valence-corrected chi connectivity index (χ0v) is 19.3. The second-order valence-corrected chi connectivity index (χ2v) is 7.44. The van der Waals surface area contributed by atoms with E-state index in [9.17, 15) is 9.59 Å². The minimum atomic E-state index is -0.271. The standard InChI is InChI=1S/C25H31N3O4/c1-5-27(6-2)25(30)19-10-13-22-21(17-19)26-23(28(22)15-14-24(29)31-4)16-18-8-11-20(12-9-18)32-7-3/h8-13,17H,5-7,14-16H2,1-4H3. The van der Waals surface area contributed by atoms with Crippen molar-refractivity contribution < 1.29 is 19.1 Å². The summed E-state index contributed by atoms with van der Waals surface area (Å²) in [6.45, 7) is 8.29. The molecule has 0 atom stereocenters. The maximum Gasteiger partial charge on any atom is 0.307 e. The Kier molecular flexibility index (Phi) is 7.87. The van der Waals surface area contributed by atoms with Gasteiger partial charge in [0.2, 0.25) is 0 Å². The fraction of sp³-hybridized carbons (Fsp3) is 0.400. The summed E-state index contributed by atoms with van der Waals surface area (Å²) in [5.41, 5.74) is 3.34. The van der Waals surface area contributed by atoms with E-state index in [4.69, 9.17) is 14.5 Å². The number of aromatic nitrogens is 2. The highest BCUT2D eigenvalue weighted by atomic mass is 16.5. The molecule has 0 aliphatic rings. The first-order chi connectivity index (χ1) is 15.5. The summed E-state index contributed by atoms with van der Waals surface area (Å²) >= 11 is 0. The average Bonchev–Trinajstić information content (AvgIpc) is 3.15. The zero-order valence-electron chi connectivity index (χ0n) is 19.3. The number of aryl methyl sites for hydroxylation is 1. The Morgan fingerprint density at radius 2 is 1.75 bits per heavy atom. The topological polar surface area (TPSA) is 73.7 Å². The maximum atomic E-state index is 12.8. The van der Waals surface area contributed by atoms with Crippen LogP contribution in [-0.2, 0) is 22.5 Å². The molecule has 0 spiro atoms. The van der Waals surface area contributed by atoms with Crippen molar-refractivity contribution in [3.8, 4) is 5.75 Å². The Morgan fingerprint density at radius 3 is 2.38 bits per heavy atom. The minimum Gasteiger partial charge on any atom is -0.494 e. The van der Waals surface area contributed by atoms with Crippen molar-refractivity contribution >= 4 is 22.9 Å². The quantitative estimate of drug-likeness (QED) is 0.447. The lowest BCUT2D eigenvalue weighted by Crippen LogP contribution is -2.30. The van der Waals surface area contributed by atoms with E-state index in [1.54, 1.807) is 4.90 Å². The first-order valence-corrected chi connectivity index (χ1v) is 11.1. The van der Waals surface area contributed by atoms with Crippen LogP contribution in [0.25, 0.3) is 11.0 Å².